The van der Waals surface area contributed by atoms with Crippen LogP contribution in [0.2, 0.25) is 0 Å². The fraction of sp³-hybridized carbons (Fsp3) is 0.533. The molecule has 108 valence electrons. The molecule has 0 saturated carbocycles. The first kappa shape index (κ1) is 13.5. The monoisotopic (exact) mass is 277 g/mol. The number of aliphatic hydroxyl groups excluding tert-OH is 1. The highest BCUT2D eigenvalue weighted by atomic mass is 16.6. The molecule has 2 fully saturated rings. The van der Waals surface area contributed by atoms with Gasteiger partial charge in [-0.1, -0.05) is 29.8 Å². The van der Waals surface area contributed by atoms with Crippen molar-refractivity contribution in [3.8, 4) is 0 Å². The van der Waals surface area contributed by atoms with Crippen LogP contribution in [0.5, 0.6) is 0 Å². The molecule has 1 aromatic carbocycles. The van der Waals surface area contributed by atoms with E-state index >= 15 is 0 Å². The third-order valence-corrected chi connectivity index (χ3v) is 3.82. The highest BCUT2D eigenvalue weighted by Crippen LogP contribution is 2.26. The summed E-state index contributed by atoms with van der Waals surface area (Å²) >= 11 is 0. The van der Waals surface area contributed by atoms with E-state index in [9.17, 15) is 9.90 Å². The van der Waals surface area contributed by atoms with Gasteiger partial charge in [0, 0.05) is 0 Å². The largest absolute Gasteiger partial charge is 0.388 e. The standard InChI is InChI=1S/C15H19NO4/c1-9-3-2-4-10(5-9)6-13(18)16-11-7-19-15-12(17)8-20-14(11)15/h2-5,11-12,14-15,17H,6-8H2,1H3,(H,16,18)/t11-,12-,14-,15-/m1/s1. The van der Waals surface area contributed by atoms with Crippen LogP contribution in [0.25, 0.3) is 0 Å². The Labute approximate surface area is 117 Å². The summed E-state index contributed by atoms with van der Waals surface area (Å²) in [4.78, 5) is 12.1. The van der Waals surface area contributed by atoms with Gasteiger partial charge in [0.05, 0.1) is 25.7 Å². The normalized spacial score (nSPS) is 32.1. The molecule has 2 aliphatic rings. The molecule has 3 rings (SSSR count). The molecule has 2 heterocycles. The van der Waals surface area contributed by atoms with Crippen molar-refractivity contribution in [2.45, 2.75) is 37.7 Å². The predicted octanol–water partition coefficient (Wildman–Crippen LogP) is 0.181. The molecule has 2 saturated heterocycles. The van der Waals surface area contributed by atoms with Gasteiger partial charge in [-0.25, -0.2) is 0 Å². The maximum Gasteiger partial charge on any atom is 0.224 e. The van der Waals surface area contributed by atoms with E-state index < -0.39 is 6.10 Å². The second-order valence-electron chi connectivity index (χ2n) is 5.50. The molecule has 2 aliphatic heterocycles. The average Bonchev–Trinajstić information content (AvgIpc) is 2.94. The predicted molar refractivity (Wildman–Crippen MR) is 72.3 cm³/mol. The second-order valence-corrected chi connectivity index (χ2v) is 5.50. The zero-order chi connectivity index (χ0) is 14.1. The Bertz CT molecular complexity index is 504. The Hall–Kier alpha value is -1.43. The number of aryl methyl sites for hydroxylation is 1. The van der Waals surface area contributed by atoms with E-state index in [-0.39, 0.29) is 30.8 Å². The number of aliphatic hydroxyl groups is 1. The van der Waals surface area contributed by atoms with Crippen LogP contribution >= 0.6 is 0 Å². The number of fused-ring (bicyclic) bond motifs is 1. The van der Waals surface area contributed by atoms with Gasteiger partial charge in [-0.15, -0.1) is 0 Å². The van der Waals surface area contributed by atoms with Crippen LogP contribution in [0.15, 0.2) is 24.3 Å². The van der Waals surface area contributed by atoms with Gasteiger partial charge in [-0.2, -0.15) is 0 Å². The van der Waals surface area contributed by atoms with Crippen molar-refractivity contribution in [2.24, 2.45) is 0 Å². The molecule has 4 atom stereocenters. The first-order valence-corrected chi connectivity index (χ1v) is 6.89. The Morgan fingerprint density at radius 1 is 1.35 bits per heavy atom. The summed E-state index contributed by atoms with van der Waals surface area (Å²) in [6.45, 7) is 2.68. The Balaban J connectivity index is 1.57. The molecule has 20 heavy (non-hydrogen) atoms. The minimum absolute atomic E-state index is 0.0464. The smallest absolute Gasteiger partial charge is 0.224 e. The fourth-order valence-corrected chi connectivity index (χ4v) is 2.87. The number of hydrogen-bond acceptors (Lipinski definition) is 4. The lowest BCUT2D eigenvalue weighted by molar-refractivity contribution is -0.121. The lowest BCUT2D eigenvalue weighted by atomic mass is 10.1. The topological polar surface area (TPSA) is 67.8 Å². The van der Waals surface area contributed by atoms with Crippen molar-refractivity contribution in [1.82, 2.24) is 5.32 Å². The summed E-state index contributed by atoms with van der Waals surface area (Å²) in [5, 5.41) is 12.6. The van der Waals surface area contributed by atoms with E-state index in [0.717, 1.165) is 11.1 Å². The molecule has 0 unspecified atom stereocenters. The molecule has 0 bridgehead atoms. The van der Waals surface area contributed by atoms with Crippen molar-refractivity contribution < 1.29 is 19.4 Å². The minimum Gasteiger partial charge on any atom is -0.388 e. The van der Waals surface area contributed by atoms with Crippen molar-refractivity contribution in [3.05, 3.63) is 35.4 Å². The number of carbonyl (C=O) groups is 1. The molecule has 5 heteroatoms. The van der Waals surface area contributed by atoms with E-state index in [4.69, 9.17) is 9.47 Å². The second kappa shape index (κ2) is 5.52. The summed E-state index contributed by atoms with van der Waals surface area (Å²) in [6.07, 6.45) is -0.776. The van der Waals surface area contributed by atoms with Gasteiger partial charge in [0.2, 0.25) is 5.91 Å². The quantitative estimate of drug-likeness (QED) is 0.827. The Morgan fingerprint density at radius 3 is 2.95 bits per heavy atom. The summed E-state index contributed by atoms with van der Waals surface area (Å²) in [6, 6.07) is 7.72. The zero-order valence-corrected chi connectivity index (χ0v) is 11.4. The summed E-state index contributed by atoms with van der Waals surface area (Å²) in [5.74, 6) is -0.0464. The van der Waals surface area contributed by atoms with Crippen LogP contribution in [0.3, 0.4) is 0 Å². The fourth-order valence-electron chi connectivity index (χ4n) is 2.87. The molecule has 0 aliphatic carbocycles. The molecule has 2 N–H and O–H groups in total. The van der Waals surface area contributed by atoms with Crippen molar-refractivity contribution in [1.29, 1.82) is 0 Å². The van der Waals surface area contributed by atoms with Gasteiger partial charge in [-0.3, -0.25) is 4.79 Å². The van der Waals surface area contributed by atoms with E-state index in [1.807, 2.05) is 31.2 Å². The molecule has 0 radical (unpaired) electrons. The Kier molecular flexibility index (Phi) is 3.74. The first-order valence-electron chi connectivity index (χ1n) is 6.89. The summed E-state index contributed by atoms with van der Waals surface area (Å²) < 4.78 is 11.0. The van der Waals surface area contributed by atoms with Gasteiger partial charge >= 0.3 is 0 Å². The van der Waals surface area contributed by atoms with Gasteiger partial charge in [0.1, 0.15) is 18.3 Å². The minimum atomic E-state index is -0.585. The van der Waals surface area contributed by atoms with E-state index in [2.05, 4.69) is 5.32 Å². The highest BCUT2D eigenvalue weighted by molar-refractivity contribution is 5.79. The number of amides is 1. The third-order valence-electron chi connectivity index (χ3n) is 3.82. The summed E-state index contributed by atoms with van der Waals surface area (Å²) in [5.41, 5.74) is 2.13. The number of nitrogens with one attached hydrogen (secondary N) is 1. The molecule has 1 aromatic rings. The van der Waals surface area contributed by atoms with Gasteiger partial charge in [0.15, 0.2) is 0 Å². The lowest BCUT2D eigenvalue weighted by Gasteiger charge is -2.17. The maximum absolute atomic E-state index is 12.1. The number of rotatable bonds is 3. The molecule has 1 amide bonds. The van der Waals surface area contributed by atoms with Crippen LogP contribution in [0, 0.1) is 6.92 Å². The van der Waals surface area contributed by atoms with E-state index in [0.29, 0.717) is 13.0 Å². The highest BCUT2D eigenvalue weighted by Gasteiger charge is 2.47. The number of carbonyl (C=O) groups excluding carboxylic acids is 1. The molecule has 5 nitrogen and oxygen atoms in total. The average molecular weight is 277 g/mol. The lowest BCUT2D eigenvalue weighted by Crippen LogP contribution is -2.44. The molecular weight excluding hydrogens is 258 g/mol. The Morgan fingerprint density at radius 2 is 2.15 bits per heavy atom. The summed E-state index contributed by atoms with van der Waals surface area (Å²) in [7, 11) is 0. The molecular formula is C15H19NO4. The van der Waals surface area contributed by atoms with E-state index in [1.54, 1.807) is 0 Å². The molecule has 0 spiro atoms. The maximum atomic E-state index is 12.1. The number of benzene rings is 1. The number of hydrogen-bond donors (Lipinski definition) is 2. The van der Waals surface area contributed by atoms with Crippen LogP contribution < -0.4 is 5.32 Å². The first-order chi connectivity index (χ1) is 9.63. The van der Waals surface area contributed by atoms with Crippen LogP contribution in [-0.4, -0.2) is 48.6 Å². The van der Waals surface area contributed by atoms with Crippen LogP contribution in [0.1, 0.15) is 11.1 Å². The zero-order valence-electron chi connectivity index (χ0n) is 11.4. The van der Waals surface area contributed by atoms with Crippen molar-refractivity contribution in [2.75, 3.05) is 13.2 Å². The van der Waals surface area contributed by atoms with Crippen molar-refractivity contribution in [3.63, 3.8) is 0 Å². The van der Waals surface area contributed by atoms with E-state index in [1.165, 1.54) is 0 Å². The SMILES string of the molecule is Cc1cccc(CC(=O)N[C@@H]2CO[C@H]3[C@@H]2OC[C@H]3O)c1. The van der Waals surface area contributed by atoms with Crippen molar-refractivity contribution >= 4 is 5.91 Å². The van der Waals surface area contributed by atoms with Gasteiger partial charge in [-0.05, 0) is 12.5 Å². The molecule has 0 aromatic heterocycles. The third kappa shape index (κ3) is 2.70. The van der Waals surface area contributed by atoms with Crippen LogP contribution in [-0.2, 0) is 20.7 Å². The number of ether oxygens (including phenoxy) is 2. The van der Waals surface area contributed by atoms with Crippen LogP contribution in [0.4, 0.5) is 0 Å². The van der Waals surface area contributed by atoms with Gasteiger partial charge in [0.25, 0.3) is 0 Å². The van der Waals surface area contributed by atoms with Gasteiger partial charge < -0.3 is 19.9 Å².